The molecule has 0 rings (SSSR count). The minimum absolute atomic E-state index is 0.161. The molecule has 0 aromatic rings. The van der Waals surface area contributed by atoms with E-state index in [2.05, 4.69) is 5.32 Å². The first-order chi connectivity index (χ1) is 5.68. The molecule has 12 heavy (non-hydrogen) atoms. The number of Topliss-reactive ketones (excluding diaryl/α,β-unsaturated/α-hetero) is 1. The van der Waals surface area contributed by atoms with Crippen molar-refractivity contribution < 1.29 is 9.53 Å². The van der Waals surface area contributed by atoms with Gasteiger partial charge in [0.2, 0.25) is 0 Å². The van der Waals surface area contributed by atoms with Crippen LogP contribution in [0, 0.1) is 5.92 Å². The number of ether oxygens (including phenoxy) is 1. The van der Waals surface area contributed by atoms with E-state index >= 15 is 0 Å². The van der Waals surface area contributed by atoms with Crippen molar-refractivity contribution in [3.63, 3.8) is 0 Å². The van der Waals surface area contributed by atoms with Crippen molar-refractivity contribution in [2.24, 2.45) is 5.92 Å². The van der Waals surface area contributed by atoms with E-state index in [-0.39, 0.29) is 5.92 Å². The number of ketones is 1. The molecule has 0 unspecified atom stereocenters. The van der Waals surface area contributed by atoms with Crippen molar-refractivity contribution in [2.45, 2.75) is 20.3 Å². The molecule has 0 radical (unpaired) electrons. The molecule has 0 aromatic carbocycles. The molecule has 0 heterocycles. The number of hydrogen-bond acceptors (Lipinski definition) is 3. The predicted molar refractivity (Wildman–Crippen MR) is 49.2 cm³/mol. The molecule has 0 amide bonds. The average molecular weight is 173 g/mol. The first-order valence-electron chi connectivity index (χ1n) is 4.41. The Labute approximate surface area is 74.5 Å². The number of carbonyl (C=O) groups excluding carboxylic acids is 1. The highest BCUT2D eigenvalue weighted by Crippen LogP contribution is 1.96. The number of hydrogen-bond donors (Lipinski definition) is 1. The van der Waals surface area contributed by atoms with Crippen LogP contribution in [0.1, 0.15) is 20.3 Å². The van der Waals surface area contributed by atoms with Gasteiger partial charge in [0.25, 0.3) is 0 Å². The highest BCUT2D eigenvalue weighted by atomic mass is 16.5. The maximum absolute atomic E-state index is 11.1. The molecule has 0 saturated heterocycles. The van der Waals surface area contributed by atoms with Gasteiger partial charge in [0.15, 0.2) is 0 Å². The van der Waals surface area contributed by atoms with Gasteiger partial charge in [-0.3, -0.25) is 4.79 Å². The lowest BCUT2D eigenvalue weighted by atomic mass is 10.1. The quantitative estimate of drug-likeness (QED) is 0.580. The van der Waals surface area contributed by atoms with E-state index in [1.807, 2.05) is 13.8 Å². The number of rotatable bonds is 7. The molecule has 0 aliphatic rings. The van der Waals surface area contributed by atoms with E-state index in [1.54, 1.807) is 7.11 Å². The normalized spacial score (nSPS) is 10.7. The zero-order chi connectivity index (χ0) is 9.40. The summed E-state index contributed by atoms with van der Waals surface area (Å²) in [5.41, 5.74) is 0. The Morgan fingerprint density at radius 3 is 2.58 bits per heavy atom. The molecular formula is C9H19NO2. The molecule has 0 aromatic heterocycles. The largest absolute Gasteiger partial charge is 0.383 e. The number of methoxy groups -OCH3 is 1. The molecule has 3 nitrogen and oxygen atoms in total. The van der Waals surface area contributed by atoms with Crippen molar-refractivity contribution in [1.82, 2.24) is 5.32 Å². The smallest absolute Gasteiger partial charge is 0.136 e. The zero-order valence-corrected chi connectivity index (χ0v) is 8.22. The van der Waals surface area contributed by atoms with Crippen LogP contribution in [-0.4, -0.2) is 32.6 Å². The van der Waals surface area contributed by atoms with Gasteiger partial charge in [-0.2, -0.15) is 0 Å². The summed E-state index contributed by atoms with van der Waals surface area (Å²) in [4.78, 5) is 11.1. The third-order valence-electron chi connectivity index (χ3n) is 1.68. The van der Waals surface area contributed by atoms with Crippen LogP contribution in [0.2, 0.25) is 0 Å². The van der Waals surface area contributed by atoms with Gasteiger partial charge < -0.3 is 10.1 Å². The Morgan fingerprint density at radius 1 is 1.42 bits per heavy atom. The van der Waals surface area contributed by atoms with Crippen LogP contribution in [0.25, 0.3) is 0 Å². The highest BCUT2D eigenvalue weighted by Gasteiger charge is 2.05. The molecule has 72 valence electrons. The fourth-order valence-corrected chi connectivity index (χ4v) is 0.799. The van der Waals surface area contributed by atoms with E-state index in [0.717, 1.165) is 13.1 Å². The van der Waals surface area contributed by atoms with Crippen LogP contribution in [0.15, 0.2) is 0 Å². The third-order valence-corrected chi connectivity index (χ3v) is 1.68. The van der Waals surface area contributed by atoms with Crippen molar-refractivity contribution in [3.8, 4) is 0 Å². The Bertz CT molecular complexity index is 124. The second kappa shape index (κ2) is 7.25. The highest BCUT2D eigenvalue weighted by molar-refractivity contribution is 5.80. The van der Waals surface area contributed by atoms with Crippen LogP contribution >= 0.6 is 0 Å². The van der Waals surface area contributed by atoms with Crippen LogP contribution < -0.4 is 5.32 Å². The van der Waals surface area contributed by atoms with Gasteiger partial charge in [0.1, 0.15) is 5.78 Å². The standard InChI is InChI=1S/C9H19NO2/c1-8(2)9(11)4-5-10-6-7-12-3/h8,10H,4-7H2,1-3H3. The molecule has 0 atom stereocenters. The molecule has 0 bridgehead atoms. The van der Waals surface area contributed by atoms with Gasteiger partial charge >= 0.3 is 0 Å². The number of carbonyl (C=O) groups is 1. The summed E-state index contributed by atoms with van der Waals surface area (Å²) < 4.78 is 4.85. The lowest BCUT2D eigenvalue weighted by Gasteiger charge is -2.05. The molecule has 3 heteroatoms. The summed E-state index contributed by atoms with van der Waals surface area (Å²) in [7, 11) is 1.67. The van der Waals surface area contributed by atoms with Gasteiger partial charge in [-0.15, -0.1) is 0 Å². The fourth-order valence-electron chi connectivity index (χ4n) is 0.799. The Morgan fingerprint density at radius 2 is 2.08 bits per heavy atom. The predicted octanol–water partition coefficient (Wildman–Crippen LogP) is 0.838. The summed E-state index contributed by atoms with van der Waals surface area (Å²) in [6.07, 6.45) is 0.626. The molecule has 0 fully saturated rings. The summed E-state index contributed by atoms with van der Waals surface area (Å²) in [6, 6.07) is 0. The molecule has 1 N–H and O–H groups in total. The van der Waals surface area contributed by atoms with Crippen molar-refractivity contribution in [1.29, 1.82) is 0 Å². The van der Waals surface area contributed by atoms with Gasteiger partial charge in [-0.25, -0.2) is 0 Å². The van der Waals surface area contributed by atoms with Gasteiger partial charge in [0.05, 0.1) is 6.61 Å². The van der Waals surface area contributed by atoms with Gasteiger partial charge in [-0.05, 0) is 0 Å². The molecule has 0 aliphatic carbocycles. The van der Waals surface area contributed by atoms with E-state index in [9.17, 15) is 4.79 Å². The lowest BCUT2D eigenvalue weighted by Crippen LogP contribution is -2.23. The minimum Gasteiger partial charge on any atom is -0.383 e. The summed E-state index contributed by atoms with van der Waals surface area (Å²) in [5.74, 6) is 0.481. The van der Waals surface area contributed by atoms with Crippen molar-refractivity contribution >= 4 is 5.78 Å². The summed E-state index contributed by atoms with van der Waals surface area (Å²) >= 11 is 0. The van der Waals surface area contributed by atoms with E-state index in [1.165, 1.54) is 0 Å². The maximum atomic E-state index is 11.1. The van der Waals surface area contributed by atoms with Crippen LogP contribution in [0.5, 0.6) is 0 Å². The van der Waals surface area contributed by atoms with Crippen LogP contribution in [0.4, 0.5) is 0 Å². The molecular weight excluding hydrogens is 154 g/mol. The summed E-state index contributed by atoms with van der Waals surface area (Å²) in [6.45, 7) is 6.15. The fraction of sp³-hybridized carbons (Fsp3) is 0.889. The topological polar surface area (TPSA) is 38.3 Å². The van der Waals surface area contributed by atoms with E-state index in [4.69, 9.17) is 4.74 Å². The van der Waals surface area contributed by atoms with Gasteiger partial charge in [0, 0.05) is 32.5 Å². The Hall–Kier alpha value is -0.410. The SMILES string of the molecule is COCCNCCC(=O)C(C)C. The first kappa shape index (κ1) is 11.6. The van der Waals surface area contributed by atoms with E-state index < -0.39 is 0 Å². The Balaban J connectivity index is 3.14. The minimum atomic E-state index is 0.161. The first-order valence-corrected chi connectivity index (χ1v) is 4.41. The Kier molecular flexibility index (Phi) is 7.00. The zero-order valence-electron chi connectivity index (χ0n) is 8.22. The van der Waals surface area contributed by atoms with Crippen LogP contribution in [0.3, 0.4) is 0 Å². The van der Waals surface area contributed by atoms with Crippen LogP contribution in [-0.2, 0) is 9.53 Å². The molecule has 0 saturated carbocycles. The second-order valence-corrected chi connectivity index (χ2v) is 3.11. The average Bonchev–Trinajstić information content (AvgIpc) is 2.03. The monoisotopic (exact) mass is 173 g/mol. The van der Waals surface area contributed by atoms with Crippen molar-refractivity contribution in [3.05, 3.63) is 0 Å². The third kappa shape index (κ3) is 6.31. The van der Waals surface area contributed by atoms with Gasteiger partial charge in [-0.1, -0.05) is 13.8 Å². The lowest BCUT2D eigenvalue weighted by molar-refractivity contribution is -0.121. The second-order valence-electron chi connectivity index (χ2n) is 3.11. The number of nitrogens with one attached hydrogen (secondary N) is 1. The molecule has 0 spiro atoms. The maximum Gasteiger partial charge on any atom is 0.136 e. The molecule has 0 aliphatic heterocycles. The van der Waals surface area contributed by atoms with Crippen molar-refractivity contribution in [2.75, 3.05) is 26.8 Å². The summed E-state index contributed by atoms with van der Waals surface area (Å²) in [5, 5.41) is 3.13. The van der Waals surface area contributed by atoms with E-state index in [0.29, 0.717) is 18.8 Å².